The molecule has 0 aliphatic carbocycles. The van der Waals surface area contributed by atoms with Crippen LogP contribution in [0.5, 0.6) is 5.75 Å². The lowest BCUT2D eigenvalue weighted by Crippen LogP contribution is -2.25. The highest BCUT2D eigenvalue weighted by Crippen LogP contribution is 2.41. The SMILES string of the molecule is CCC(N)C(Sc1ccc(OC)cc1)c1cc(Br)cs1. The van der Waals surface area contributed by atoms with Gasteiger partial charge in [0.05, 0.1) is 12.4 Å². The lowest BCUT2D eigenvalue weighted by molar-refractivity contribution is 0.414. The number of nitrogens with two attached hydrogens (primary N) is 1. The van der Waals surface area contributed by atoms with E-state index in [-0.39, 0.29) is 11.3 Å². The number of hydrogen-bond acceptors (Lipinski definition) is 4. The predicted molar refractivity (Wildman–Crippen MR) is 91.9 cm³/mol. The van der Waals surface area contributed by atoms with Crippen molar-refractivity contribution in [1.29, 1.82) is 0 Å². The van der Waals surface area contributed by atoms with Crippen molar-refractivity contribution in [2.24, 2.45) is 5.73 Å². The number of ether oxygens (including phenoxy) is 1. The molecule has 2 atom stereocenters. The molecule has 0 fully saturated rings. The van der Waals surface area contributed by atoms with Crippen LogP contribution in [0.4, 0.5) is 0 Å². The number of thiophene rings is 1. The average molecular weight is 372 g/mol. The largest absolute Gasteiger partial charge is 0.497 e. The van der Waals surface area contributed by atoms with Crippen LogP contribution in [0.2, 0.25) is 0 Å². The van der Waals surface area contributed by atoms with E-state index in [4.69, 9.17) is 10.5 Å². The van der Waals surface area contributed by atoms with Crippen molar-refractivity contribution >= 4 is 39.0 Å². The lowest BCUT2D eigenvalue weighted by Gasteiger charge is -2.21. The number of hydrogen-bond donors (Lipinski definition) is 1. The van der Waals surface area contributed by atoms with Crippen molar-refractivity contribution in [2.75, 3.05) is 7.11 Å². The summed E-state index contributed by atoms with van der Waals surface area (Å²) in [6.45, 7) is 2.13. The number of halogens is 1. The van der Waals surface area contributed by atoms with Gasteiger partial charge in [-0.25, -0.2) is 0 Å². The zero-order valence-corrected chi connectivity index (χ0v) is 14.7. The van der Waals surface area contributed by atoms with Crippen LogP contribution in [-0.4, -0.2) is 13.2 Å². The Bertz CT molecular complexity index is 541. The molecular weight excluding hydrogens is 354 g/mol. The highest BCUT2D eigenvalue weighted by atomic mass is 79.9. The van der Waals surface area contributed by atoms with Gasteiger partial charge in [0, 0.05) is 25.7 Å². The number of thioether (sulfide) groups is 1. The van der Waals surface area contributed by atoms with Gasteiger partial charge < -0.3 is 10.5 Å². The van der Waals surface area contributed by atoms with E-state index in [1.165, 1.54) is 9.77 Å². The Labute approximate surface area is 136 Å². The maximum atomic E-state index is 6.31. The summed E-state index contributed by atoms with van der Waals surface area (Å²) < 4.78 is 6.32. The molecule has 0 spiro atoms. The second-order valence-corrected chi connectivity index (χ2v) is 7.53. The number of benzene rings is 1. The van der Waals surface area contributed by atoms with Crippen molar-refractivity contribution in [3.05, 3.63) is 45.1 Å². The average Bonchev–Trinajstić information content (AvgIpc) is 2.91. The second-order valence-electron chi connectivity index (χ2n) is 4.45. The minimum Gasteiger partial charge on any atom is -0.497 e. The lowest BCUT2D eigenvalue weighted by atomic mass is 10.1. The van der Waals surface area contributed by atoms with Crippen LogP contribution in [0.1, 0.15) is 23.5 Å². The fraction of sp³-hybridized carbons (Fsp3) is 0.333. The highest BCUT2D eigenvalue weighted by molar-refractivity contribution is 9.10. The first-order chi connectivity index (χ1) is 9.63. The molecule has 108 valence electrons. The molecule has 0 aliphatic rings. The first-order valence-corrected chi connectivity index (χ1v) is 8.99. The molecule has 0 amide bonds. The Morgan fingerprint density at radius 3 is 2.55 bits per heavy atom. The molecule has 1 aromatic carbocycles. The molecule has 20 heavy (non-hydrogen) atoms. The number of methoxy groups -OCH3 is 1. The van der Waals surface area contributed by atoms with Crippen LogP contribution in [0, 0.1) is 0 Å². The quantitative estimate of drug-likeness (QED) is 0.718. The van der Waals surface area contributed by atoms with Gasteiger partial charge in [0.25, 0.3) is 0 Å². The van der Waals surface area contributed by atoms with Gasteiger partial charge in [0.1, 0.15) is 5.75 Å². The molecule has 0 bridgehead atoms. The van der Waals surface area contributed by atoms with E-state index in [9.17, 15) is 0 Å². The van der Waals surface area contributed by atoms with Gasteiger partial charge in [0.15, 0.2) is 0 Å². The summed E-state index contributed by atoms with van der Waals surface area (Å²) in [5.74, 6) is 0.879. The van der Waals surface area contributed by atoms with Crippen LogP contribution < -0.4 is 10.5 Å². The topological polar surface area (TPSA) is 35.2 Å². The predicted octanol–water partition coefficient (Wildman–Crippen LogP) is 5.09. The molecule has 0 saturated carbocycles. The van der Waals surface area contributed by atoms with E-state index in [2.05, 4.69) is 46.4 Å². The normalized spacial score (nSPS) is 14.0. The molecule has 0 aliphatic heterocycles. The standard InChI is InChI=1S/C15H18BrNOS2/c1-3-13(17)15(14-8-10(16)9-19-14)20-12-6-4-11(18-2)5-7-12/h4-9,13,15H,3,17H2,1-2H3. The van der Waals surface area contributed by atoms with Gasteiger partial charge in [-0.2, -0.15) is 0 Å². The third-order valence-corrected chi connectivity index (χ3v) is 6.38. The summed E-state index contributed by atoms with van der Waals surface area (Å²) in [6.07, 6.45) is 0.962. The van der Waals surface area contributed by atoms with E-state index in [0.29, 0.717) is 0 Å². The minimum absolute atomic E-state index is 0.146. The van der Waals surface area contributed by atoms with E-state index < -0.39 is 0 Å². The fourth-order valence-electron chi connectivity index (χ4n) is 1.85. The first-order valence-electron chi connectivity index (χ1n) is 6.44. The second kappa shape index (κ2) is 7.50. The molecule has 0 radical (unpaired) electrons. The summed E-state index contributed by atoms with van der Waals surface area (Å²) in [5.41, 5.74) is 6.31. The Morgan fingerprint density at radius 2 is 2.05 bits per heavy atom. The summed E-state index contributed by atoms with van der Waals surface area (Å²) >= 11 is 7.09. The third-order valence-electron chi connectivity index (χ3n) is 3.05. The molecule has 2 rings (SSSR count). The van der Waals surface area contributed by atoms with Gasteiger partial charge in [-0.1, -0.05) is 6.92 Å². The van der Waals surface area contributed by atoms with Gasteiger partial charge >= 0.3 is 0 Å². The van der Waals surface area contributed by atoms with Gasteiger partial charge in [-0.15, -0.1) is 23.1 Å². The van der Waals surface area contributed by atoms with Crippen LogP contribution in [0.15, 0.2) is 45.1 Å². The van der Waals surface area contributed by atoms with Crippen LogP contribution in [-0.2, 0) is 0 Å². The van der Waals surface area contributed by atoms with E-state index in [1.54, 1.807) is 18.4 Å². The van der Waals surface area contributed by atoms with Crippen molar-refractivity contribution in [1.82, 2.24) is 0 Å². The summed E-state index contributed by atoms with van der Waals surface area (Å²) in [7, 11) is 1.68. The van der Waals surface area contributed by atoms with E-state index in [1.807, 2.05) is 23.9 Å². The molecule has 1 heterocycles. The van der Waals surface area contributed by atoms with Crippen LogP contribution in [0.25, 0.3) is 0 Å². The van der Waals surface area contributed by atoms with Crippen molar-refractivity contribution < 1.29 is 4.74 Å². The summed E-state index contributed by atoms with van der Waals surface area (Å²) in [5, 5.41) is 2.39. The maximum Gasteiger partial charge on any atom is 0.118 e. The Balaban J connectivity index is 2.18. The van der Waals surface area contributed by atoms with Gasteiger partial charge in [-0.3, -0.25) is 0 Å². The number of rotatable bonds is 6. The Morgan fingerprint density at radius 1 is 1.35 bits per heavy atom. The highest BCUT2D eigenvalue weighted by Gasteiger charge is 2.21. The Hall–Kier alpha value is -0.490. The van der Waals surface area contributed by atoms with Crippen molar-refractivity contribution in [2.45, 2.75) is 29.5 Å². The zero-order chi connectivity index (χ0) is 14.5. The zero-order valence-electron chi connectivity index (χ0n) is 11.5. The van der Waals surface area contributed by atoms with E-state index in [0.717, 1.165) is 16.6 Å². The molecule has 0 saturated heterocycles. The van der Waals surface area contributed by atoms with Crippen LogP contribution >= 0.6 is 39.0 Å². The van der Waals surface area contributed by atoms with Gasteiger partial charge in [0.2, 0.25) is 0 Å². The molecule has 2 N–H and O–H groups in total. The maximum absolute atomic E-state index is 6.31. The monoisotopic (exact) mass is 371 g/mol. The van der Waals surface area contributed by atoms with Crippen molar-refractivity contribution in [3.63, 3.8) is 0 Å². The fourth-order valence-corrected chi connectivity index (χ4v) is 4.80. The molecule has 5 heteroatoms. The van der Waals surface area contributed by atoms with Crippen LogP contribution in [0.3, 0.4) is 0 Å². The summed E-state index contributed by atoms with van der Waals surface area (Å²) in [6, 6.07) is 10.5. The smallest absolute Gasteiger partial charge is 0.118 e. The Kier molecular flexibility index (Phi) is 5.96. The third kappa shape index (κ3) is 4.01. The molecule has 1 aromatic heterocycles. The minimum atomic E-state index is 0.146. The first kappa shape index (κ1) is 15.9. The van der Waals surface area contributed by atoms with Crippen molar-refractivity contribution in [3.8, 4) is 5.75 Å². The molecule has 2 aromatic rings. The molecule has 2 unspecified atom stereocenters. The van der Waals surface area contributed by atoms with Gasteiger partial charge in [-0.05, 0) is 52.7 Å². The van der Waals surface area contributed by atoms with E-state index >= 15 is 0 Å². The summed E-state index contributed by atoms with van der Waals surface area (Å²) in [4.78, 5) is 2.52. The molecule has 2 nitrogen and oxygen atoms in total. The molecular formula is C15H18BrNOS2.